The molecule has 18 atom stereocenters. The van der Waals surface area contributed by atoms with Crippen molar-refractivity contribution in [3.8, 4) is 0 Å². The summed E-state index contributed by atoms with van der Waals surface area (Å²) in [5.41, 5.74) is 0. The van der Waals surface area contributed by atoms with Crippen LogP contribution in [0.4, 0.5) is 0 Å². The van der Waals surface area contributed by atoms with Crippen molar-refractivity contribution in [2.75, 3.05) is 26.4 Å². The summed E-state index contributed by atoms with van der Waals surface area (Å²) in [6.07, 6.45) is 17.7. The van der Waals surface area contributed by atoms with E-state index in [0.717, 1.165) is 84.0 Å². The fourth-order valence-electron chi connectivity index (χ4n) is 11.6. The third-order valence-corrected chi connectivity index (χ3v) is 17.1. The number of carbonyl (C=O) groups excluding carboxylic acids is 2. The quantitative estimate of drug-likeness (QED) is 0.0266. The van der Waals surface area contributed by atoms with E-state index in [2.05, 4.69) is 48.8 Å². The summed E-state index contributed by atoms with van der Waals surface area (Å²) in [7, 11) is 0. The van der Waals surface area contributed by atoms with Crippen molar-refractivity contribution in [2.24, 2.45) is 0 Å². The molecular formula is C66H118N2O21. The van der Waals surface area contributed by atoms with Crippen LogP contribution in [0.1, 0.15) is 226 Å². The van der Waals surface area contributed by atoms with Gasteiger partial charge in [-0.2, -0.15) is 0 Å². The summed E-state index contributed by atoms with van der Waals surface area (Å²) in [4.78, 5) is 38.5. The van der Waals surface area contributed by atoms with Crippen LogP contribution >= 0.6 is 0 Å². The molecule has 89 heavy (non-hydrogen) atoms. The average molecular weight is 1280 g/mol. The average Bonchev–Trinajstić information content (AvgIpc) is 1.46. The molecule has 3 fully saturated rings. The maximum Gasteiger partial charge on any atom is 0.364 e. The summed E-state index contributed by atoms with van der Waals surface area (Å²) in [5.74, 6) is -6.16. The van der Waals surface area contributed by atoms with E-state index < -0.39 is 155 Å². The summed E-state index contributed by atoms with van der Waals surface area (Å²) in [6, 6.07) is -2.62. The number of amides is 2. The second-order valence-corrected chi connectivity index (χ2v) is 24.7. The van der Waals surface area contributed by atoms with Crippen LogP contribution in [0.3, 0.4) is 0 Å². The van der Waals surface area contributed by atoms with Gasteiger partial charge in [0.25, 0.3) is 5.79 Å². The van der Waals surface area contributed by atoms with E-state index in [9.17, 15) is 75.7 Å². The van der Waals surface area contributed by atoms with E-state index in [4.69, 9.17) is 28.4 Å². The van der Waals surface area contributed by atoms with Crippen LogP contribution < -0.4 is 10.6 Å². The third kappa shape index (κ3) is 29.8. The molecule has 3 rings (SSSR count). The number of aliphatic hydroxyl groups is 11. The second-order valence-electron chi connectivity index (χ2n) is 24.7. The Balaban J connectivity index is 1.59. The van der Waals surface area contributed by atoms with Crippen molar-refractivity contribution < 1.29 is 104 Å². The Morgan fingerprint density at radius 3 is 1.58 bits per heavy atom. The lowest BCUT2D eigenvalue weighted by Gasteiger charge is -2.50. The maximum atomic E-state index is 13.4. The van der Waals surface area contributed by atoms with Gasteiger partial charge >= 0.3 is 5.97 Å². The zero-order chi connectivity index (χ0) is 65.4. The highest BCUT2D eigenvalue weighted by atomic mass is 16.8. The molecule has 0 spiro atoms. The number of carboxylic acid groups (broad SMARTS) is 1. The van der Waals surface area contributed by atoms with Gasteiger partial charge in [-0.15, -0.1) is 0 Å². The molecule has 518 valence electrons. The maximum absolute atomic E-state index is 13.4. The first kappa shape index (κ1) is 80.2. The number of nitrogens with one attached hydrogen (secondary N) is 2. The summed E-state index contributed by atoms with van der Waals surface area (Å²) in [5, 5.41) is 136. The minimum Gasteiger partial charge on any atom is -0.477 e. The predicted octanol–water partition coefficient (Wildman–Crippen LogP) is 5.45. The van der Waals surface area contributed by atoms with Crippen LogP contribution in [-0.4, -0.2) is 215 Å². The van der Waals surface area contributed by atoms with Gasteiger partial charge in [0, 0.05) is 19.8 Å². The zero-order valence-electron chi connectivity index (χ0n) is 53.8. The topological polar surface area (TPSA) is 373 Å². The molecule has 2 amide bonds. The van der Waals surface area contributed by atoms with Gasteiger partial charge in [0.1, 0.15) is 67.1 Å². The summed E-state index contributed by atoms with van der Waals surface area (Å²) >= 11 is 0. The van der Waals surface area contributed by atoms with Crippen molar-refractivity contribution in [3.05, 3.63) is 36.5 Å². The highest BCUT2D eigenvalue weighted by Gasteiger charge is 2.60. The van der Waals surface area contributed by atoms with Crippen molar-refractivity contribution in [1.82, 2.24) is 10.6 Å². The van der Waals surface area contributed by atoms with Crippen LogP contribution in [0.25, 0.3) is 0 Å². The molecule has 0 saturated carbocycles. The van der Waals surface area contributed by atoms with Gasteiger partial charge in [-0.25, -0.2) is 4.79 Å². The predicted molar refractivity (Wildman–Crippen MR) is 334 cm³/mol. The van der Waals surface area contributed by atoms with Crippen LogP contribution in [0.15, 0.2) is 36.5 Å². The van der Waals surface area contributed by atoms with Gasteiger partial charge in [0.15, 0.2) is 12.6 Å². The highest BCUT2D eigenvalue weighted by molar-refractivity contribution is 5.77. The number of unbranched alkanes of at least 4 members (excludes halogenated alkanes) is 26. The highest BCUT2D eigenvalue weighted by Crippen LogP contribution is 2.38. The number of rotatable bonds is 50. The molecule has 0 aromatic heterocycles. The fraction of sp³-hybridized carbons (Fsp3) is 0.864. The molecule has 0 aliphatic carbocycles. The van der Waals surface area contributed by atoms with Gasteiger partial charge in [-0.05, 0) is 51.4 Å². The molecule has 3 aliphatic heterocycles. The van der Waals surface area contributed by atoms with E-state index in [1.807, 2.05) is 6.08 Å². The number of carboxylic acids is 1. The number of aliphatic hydroxyl groups excluding tert-OH is 11. The monoisotopic (exact) mass is 1270 g/mol. The third-order valence-electron chi connectivity index (χ3n) is 17.1. The van der Waals surface area contributed by atoms with E-state index in [-0.39, 0.29) is 12.3 Å². The van der Waals surface area contributed by atoms with Gasteiger partial charge in [-0.3, -0.25) is 9.59 Å². The number of aliphatic carboxylic acids is 1. The molecule has 3 heterocycles. The molecule has 0 radical (unpaired) electrons. The Hall–Kier alpha value is -3.05. The lowest BCUT2D eigenvalue weighted by Crippen LogP contribution is -2.70. The lowest BCUT2D eigenvalue weighted by atomic mass is 9.88. The van der Waals surface area contributed by atoms with Crippen molar-refractivity contribution >= 4 is 17.8 Å². The number of carbonyl (C=O) groups is 3. The first-order valence-corrected chi connectivity index (χ1v) is 33.9. The molecule has 23 nitrogen and oxygen atoms in total. The number of hydrogen-bond donors (Lipinski definition) is 14. The summed E-state index contributed by atoms with van der Waals surface area (Å²) in [6.45, 7) is 2.10. The Bertz CT molecular complexity index is 1950. The van der Waals surface area contributed by atoms with Gasteiger partial charge in [-0.1, -0.05) is 192 Å². The molecular weight excluding hydrogens is 1160 g/mol. The largest absolute Gasteiger partial charge is 0.477 e. The van der Waals surface area contributed by atoms with Gasteiger partial charge < -0.3 is 100 Å². The molecule has 0 aromatic carbocycles. The standard InChI is InChI=1S/C66H118N2O21/c1-4-6-8-10-12-14-16-18-19-20-21-22-23-24-25-26-27-28-30-32-34-36-38-40-53(76)68-47(48(73)39-37-35-33-31-29-17-15-13-11-9-7-5-2)45-84-63-58(80)57(79)60(52(44-71)86-63)87-64-59(81)62(56(78)51(43-70)85-64)89-66(65(82)83)41-49(74)54(67-46(3)72)61(88-66)55(77)50(75)42-69/h21-22,24-25,37,39,47-52,54-64,69-71,73-75,77-81H,4-20,23,26-36,38,40-45H2,1-3H3,(H,67,72)(H,68,76)(H,82,83)/b22-21-,25-24-,39-37+. The van der Waals surface area contributed by atoms with E-state index >= 15 is 0 Å². The molecule has 18 unspecified atom stereocenters. The van der Waals surface area contributed by atoms with Crippen LogP contribution in [0.2, 0.25) is 0 Å². The Morgan fingerprint density at radius 2 is 1.09 bits per heavy atom. The summed E-state index contributed by atoms with van der Waals surface area (Å²) < 4.78 is 34.7. The van der Waals surface area contributed by atoms with Crippen LogP contribution in [0.5, 0.6) is 0 Å². The molecule has 3 aliphatic rings. The number of allylic oxidation sites excluding steroid dienone is 5. The zero-order valence-corrected chi connectivity index (χ0v) is 53.8. The van der Waals surface area contributed by atoms with Crippen molar-refractivity contribution in [2.45, 2.75) is 336 Å². The van der Waals surface area contributed by atoms with E-state index in [1.165, 1.54) is 103 Å². The second kappa shape index (κ2) is 46.9. The number of hydrogen-bond acceptors (Lipinski definition) is 20. The Morgan fingerprint density at radius 1 is 0.596 bits per heavy atom. The van der Waals surface area contributed by atoms with Gasteiger partial charge in [0.05, 0.1) is 50.7 Å². The minimum absolute atomic E-state index is 0.190. The molecule has 23 heteroatoms. The first-order valence-electron chi connectivity index (χ1n) is 33.9. The van der Waals surface area contributed by atoms with Gasteiger partial charge in [0.2, 0.25) is 11.8 Å². The number of ether oxygens (including phenoxy) is 6. The molecule has 14 N–H and O–H groups in total. The Labute approximate surface area is 529 Å². The SMILES string of the molecule is CCCCCCCCCCC/C=C\C/C=C\CCCCCCCCCC(=O)NC(COC1OC(CO)C(OC2OC(CO)C(O)C(OC3(C(=O)O)CC(O)C(NC(C)=O)C(C(O)C(O)CO)O3)C2O)C(O)C1O)C(O)/C=C/CCCCCCCCCCCC. The van der Waals surface area contributed by atoms with E-state index in [0.29, 0.717) is 12.8 Å². The molecule has 3 saturated heterocycles. The van der Waals surface area contributed by atoms with Crippen molar-refractivity contribution in [1.29, 1.82) is 0 Å². The van der Waals surface area contributed by atoms with E-state index in [1.54, 1.807) is 6.08 Å². The van der Waals surface area contributed by atoms with Crippen LogP contribution in [-0.2, 0) is 42.8 Å². The van der Waals surface area contributed by atoms with Crippen LogP contribution in [0, 0.1) is 0 Å². The normalized spacial score (nSPS) is 29.0. The fourth-order valence-corrected chi connectivity index (χ4v) is 11.6. The Kier molecular flexibility index (Phi) is 42.3. The first-order chi connectivity index (χ1) is 42.9. The lowest BCUT2D eigenvalue weighted by molar-refractivity contribution is -0.386. The molecule has 0 aromatic rings. The molecule has 0 bridgehead atoms. The van der Waals surface area contributed by atoms with Crippen molar-refractivity contribution in [3.63, 3.8) is 0 Å². The minimum atomic E-state index is -3.08. The smallest absolute Gasteiger partial charge is 0.364 e.